The summed E-state index contributed by atoms with van der Waals surface area (Å²) in [7, 11) is 1.73. The number of hydrogen-bond acceptors (Lipinski definition) is 4. The molecule has 0 saturated heterocycles. The molecule has 0 bridgehead atoms. The van der Waals surface area contributed by atoms with Gasteiger partial charge in [-0.05, 0) is 36.6 Å². The highest BCUT2D eigenvalue weighted by molar-refractivity contribution is 7.99. The van der Waals surface area contributed by atoms with Gasteiger partial charge in [-0.15, -0.1) is 10.2 Å². The van der Waals surface area contributed by atoms with Gasteiger partial charge in [-0.25, -0.2) is 4.39 Å². The van der Waals surface area contributed by atoms with Crippen molar-refractivity contribution < 1.29 is 9.18 Å². The van der Waals surface area contributed by atoms with Crippen LogP contribution >= 0.6 is 11.8 Å². The molecule has 2 heterocycles. The topological polar surface area (TPSA) is 66.8 Å². The third-order valence-corrected chi connectivity index (χ3v) is 6.39. The molecule has 1 saturated carbocycles. The van der Waals surface area contributed by atoms with Crippen molar-refractivity contribution in [3.05, 3.63) is 66.1 Å². The lowest BCUT2D eigenvalue weighted by Gasteiger charge is -2.17. The monoisotopic (exact) mass is 435 g/mol. The second kappa shape index (κ2) is 8.19. The molecule has 1 fully saturated rings. The number of hydrogen-bond donors (Lipinski definition) is 1. The number of nitrogens with one attached hydrogen (secondary N) is 1. The molecule has 1 amide bonds. The van der Waals surface area contributed by atoms with Gasteiger partial charge in [0.2, 0.25) is 5.91 Å². The first-order chi connectivity index (χ1) is 15.1. The molecule has 0 atom stereocenters. The van der Waals surface area contributed by atoms with E-state index in [-0.39, 0.29) is 17.5 Å². The summed E-state index contributed by atoms with van der Waals surface area (Å²) in [6.45, 7) is 0.368. The van der Waals surface area contributed by atoms with Gasteiger partial charge in [0, 0.05) is 42.3 Å². The second-order valence-corrected chi connectivity index (χ2v) is 8.77. The van der Waals surface area contributed by atoms with E-state index < -0.39 is 0 Å². The minimum absolute atomic E-state index is 0.0340. The number of amides is 1. The van der Waals surface area contributed by atoms with Gasteiger partial charge >= 0.3 is 0 Å². The zero-order valence-electron chi connectivity index (χ0n) is 17.1. The van der Waals surface area contributed by atoms with E-state index in [4.69, 9.17) is 0 Å². The molecule has 0 spiro atoms. The van der Waals surface area contributed by atoms with Crippen LogP contribution in [0.25, 0.3) is 22.3 Å². The summed E-state index contributed by atoms with van der Waals surface area (Å²) in [5.74, 6) is 0.760. The molecule has 1 N–H and O–H groups in total. The van der Waals surface area contributed by atoms with Crippen LogP contribution in [0.4, 0.5) is 4.39 Å². The maximum atomic E-state index is 13.4. The maximum absolute atomic E-state index is 13.4. The van der Waals surface area contributed by atoms with E-state index in [2.05, 4.69) is 25.8 Å². The van der Waals surface area contributed by atoms with Crippen LogP contribution < -0.4 is 0 Å². The van der Waals surface area contributed by atoms with Crippen molar-refractivity contribution in [2.75, 3.05) is 12.8 Å². The lowest BCUT2D eigenvalue weighted by atomic mass is 10.1. The van der Waals surface area contributed by atoms with Gasteiger partial charge in [-0.2, -0.15) is 0 Å². The van der Waals surface area contributed by atoms with Crippen molar-refractivity contribution in [1.29, 1.82) is 0 Å². The van der Waals surface area contributed by atoms with Crippen LogP contribution in [0.2, 0.25) is 0 Å². The molecule has 0 unspecified atom stereocenters. The van der Waals surface area contributed by atoms with E-state index in [0.717, 1.165) is 45.9 Å². The summed E-state index contributed by atoms with van der Waals surface area (Å²) in [5.41, 5.74) is 2.85. The van der Waals surface area contributed by atoms with Gasteiger partial charge in [0.05, 0.1) is 5.75 Å². The zero-order chi connectivity index (χ0) is 21.4. The molecule has 4 aromatic rings. The fourth-order valence-corrected chi connectivity index (χ4v) is 4.66. The van der Waals surface area contributed by atoms with Crippen LogP contribution in [-0.4, -0.2) is 43.4 Å². The van der Waals surface area contributed by atoms with Crippen molar-refractivity contribution in [2.45, 2.75) is 30.6 Å². The largest absolute Gasteiger partial charge is 0.360 e. The lowest BCUT2D eigenvalue weighted by molar-refractivity contribution is -0.127. The molecule has 6 nitrogen and oxygen atoms in total. The quantitative estimate of drug-likeness (QED) is 0.429. The molecule has 1 aliphatic rings. The Morgan fingerprint density at radius 3 is 2.87 bits per heavy atom. The van der Waals surface area contributed by atoms with Crippen LogP contribution in [0.1, 0.15) is 24.4 Å². The van der Waals surface area contributed by atoms with E-state index in [1.165, 1.54) is 23.9 Å². The van der Waals surface area contributed by atoms with Gasteiger partial charge in [0.25, 0.3) is 0 Å². The van der Waals surface area contributed by atoms with E-state index in [1.54, 1.807) is 18.0 Å². The number of benzene rings is 2. The highest BCUT2D eigenvalue weighted by atomic mass is 32.2. The Morgan fingerprint density at radius 2 is 2.06 bits per heavy atom. The second-order valence-electron chi connectivity index (χ2n) is 7.82. The molecule has 5 rings (SSSR count). The van der Waals surface area contributed by atoms with Crippen molar-refractivity contribution in [1.82, 2.24) is 24.6 Å². The van der Waals surface area contributed by atoms with E-state index in [0.29, 0.717) is 12.6 Å². The van der Waals surface area contributed by atoms with Gasteiger partial charge < -0.3 is 9.88 Å². The Hall–Kier alpha value is -3.13. The van der Waals surface area contributed by atoms with E-state index in [1.807, 2.05) is 30.5 Å². The molecule has 1 aliphatic carbocycles. The highest BCUT2D eigenvalue weighted by Crippen LogP contribution is 2.42. The van der Waals surface area contributed by atoms with Crippen molar-refractivity contribution in [2.24, 2.45) is 0 Å². The smallest absolute Gasteiger partial charge is 0.233 e. The third kappa shape index (κ3) is 4.07. The van der Waals surface area contributed by atoms with Crippen molar-refractivity contribution in [3.8, 4) is 11.4 Å². The van der Waals surface area contributed by atoms with Crippen LogP contribution in [0, 0.1) is 5.82 Å². The first-order valence-electron chi connectivity index (χ1n) is 10.2. The summed E-state index contributed by atoms with van der Waals surface area (Å²) in [6.07, 6.45) is 4.16. The number of fused-ring (bicyclic) bond motifs is 1. The SMILES string of the molecule is CN(Cc1cccc(F)c1)C(=O)CSc1nnc(-c2c[nH]c3ccccc23)n1C1CC1. The minimum atomic E-state index is -0.296. The summed E-state index contributed by atoms with van der Waals surface area (Å²) in [6, 6.07) is 14.8. The number of halogens is 1. The number of thioether (sulfide) groups is 1. The number of aromatic amines is 1. The average Bonchev–Trinajstić information content (AvgIpc) is 3.38. The Kier molecular flexibility index (Phi) is 5.23. The predicted molar refractivity (Wildman–Crippen MR) is 119 cm³/mol. The number of nitrogens with zero attached hydrogens (tertiary/aromatic N) is 4. The molecule has 0 radical (unpaired) electrons. The molecule has 2 aromatic heterocycles. The van der Waals surface area contributed by atoms with Crippen molar-refractivity contribution in [3.63, 3.8) is 0 Å². The predicted octanol–water partition coefficient (Wildman–Crippen LogP) is 4.65. The number of para-hydroxylation sites is 1. The van der Waals surface area contributed by atoms with Gasteiger partial charge in [-0.3, -0.25) is 9.36 Å². The van der Waals surface area contributed by atoms with Gasteiger partial charge in [-0.1, -0.05) is 42.1 Å². The number of H-pyrrole nitrogens is 1. The van der Waals surface area contributed by atoms with Crippen LogP contribution in [0.15, 0.2) is 59.9 Å². The Morgan fingerprint density at radius 1 is 1.23 bits per heavy atom. The third-order valence-electron chi connectivity index (χ3n) is 5.47. The molecule has 31 heavy (non-hydrogen) atoms. The van der Waals surface area contributed by atoms with Gasteiger partial charge in [0.15, 0.2) is 11.0 Å². The molecule has 2 aromatic carbocycles. The first-order valence-corrected chi connectivity index (χ1v) is 11.2. The Bertz CT molecular complexity index is 1250. The standard InChI is InChI=1S/C23H22FN5OS/c1-28(13-15-5-4-6-16(24)11-15)21(30)14-31-23-27-26-22(29(23)17-9-10-17)19-12-25-20-8-3-2-7-18(19)20/h2-8,11-12,17,25H,9-10,13-14H2,1H3. The highest BCUT2D eigenvalue weighted by Gasteiger charge is 2.31. The number of carbonyl (C=O) groups is 1. The molecular weight excluding hydrogens is 413 g/mol. The van der Waals surface area contributed by atoms with Gasteiger partial charge in [0.1, 0.15) is 5.82 Å². The number of carbonyl (C=O) groups excluding carboxylic acids is 1. The van der Waals surface area contributed by atoms with E-state index >= 15 is 0 Å². The van der Waals surface area contributed by atoms with Crippen LogP contribution in [-0.2, 0) is 11.3 Å². The summed E-state index contributed by atoms with van der Waals surface area (Å²) in [5, 5.41) is 10.8. The molecular formula is C23H22FN5OS. The fourth-order valence-electron chi connectivity index (χ4n) is 3.71. The first kappa shape index (κ1) is 19.8. The summed E-state index contributed by atoms with van der Waals surface area (Å²) >= 11 is 1.40. The van der Waals surface area contributed by atoms with E-state index in [9.17, 15) is 9.18 Å². The minimum Gasteiger partial charge on any atom is -0.360 e. The average molecular weight is 436 g/mol. The Labute approximate surface area is 183 Å². The molecule has 0 aliphatic heterocycles. The molecule has 8 heteroatoms. The van der Waals surface area contributed by atoms with Crippen LogP contribution in [0.3, 0.4) is 0 Å². The lowest BCUT2D eigenvalue weighted by Crippen LogP contribution is -2.28. The summed E-state index contributed by atoms with van der Waals surface area (Å²) < 4.78 is 15.6. The number of rotatable bonds is 7. The Balaban J connectivity index is 1.33. The maximum Gasteiger partial charge on any atom is 0.233 e. The fraction of sp³-hybridized carbons (Fsp3) is 0.261. The number of aromatic nitrogens is 4. The zero-order valence-corrected chi connectivity index (χ0v) is 17.9. The molecule has 158 valence electrons. The summed E-state index contributed by atoms with van der Waals surface area (Å²) in [4.78, 5) is 17.6. The van der Waals surface area contributed by atoms with Crippen molar-refractivity contribution >= 4 is 28.6 Å². The normalized spacial score (nSPS) is 13.6. The van der Waals surface area contributed by atoms with Crippen LogP contribution in [0.5, 0.6) is 0 Å².